The molecule has 0 spiro atoms. The van der Waals surface area contributed by atoms with Crippen molar-refractivity contribution >= 4 is 0 Å². The van der Waals surface area contributed by atoms with Gasteiger partial charge in [0.25, 0.3) is 0 Å². The van der Waals surface area contributed by atoms with Crippen molar-refractivity contribution in [2.24, 2.45) is 28.9 Å². The van der Waals surface area contributed by atoms with Crippen molar-refractivity contribution in [3.8, 4) is 0 Å². The van der Waals surface area contributed by atoms with Gasteiger partial charge in [0.15, 0.2) is 6.29 Å². The molecule has 0 radical (unpaired) electrons. The molecule has 200 valence electrons. The maximum absolute atomic E-state index is 11.6. The molecule has 4 aliphatic rings. The highest BCUT2D eigenvalue weighted by Crippen LogP contribution is 2.54. The molecule has 7 N–H and O–H groups in total. The lowest BCUT2D eigenvalue weighted by molar-refractivity contribution is -0.308. The minimum atomic E-state index is -1.52. The van der Waals surface area contributed by atoms with Gasteiger partial charge in [0.2, 0.25) is 0 Å². The molecule has 0 bridgehead atoms. The van der Waals surface area contributed by atoms with Gasteiger partial charge in [-0.05, 0) is 50.0 Å². The second-order valence-corrected chi connectivity index (χ2v) is 11.3. The van der Waals surface area contributed by atoms with Gasteiger partial charge in [0.1, 0.15) is 30.5 Å². The van der Waals surface area contributed by atoms with Crippen LogP contribution >= 0.6 is 0 Å². The number of nitrogens with two attached hydrogens (primary N) is 1. The molecule has 0 aromatic heterocycles. The van der Waals surface area contributed by atoms with Gasteiger partial charge in [-0.2, -0.15) is 0 Å². The van der Waals surface area contributed by atoms with Crippen LogP contribution in [-0.2, 0) is 14.2 Å². The summed E-state index contributed by atoms with van der Waals surface area (Å²) < 4.78 is 17.5. The summed E-state index contributed by atoms with van der Waals surface area (Å²) in [4.78, 5) is 0. The number of aliphatic hydroxyl groups excluding tert-OH is 5. The zero-order chi connectivity index (χ0) is 25.7. The van der Waals surface area contributed by atoms with E-state index in [-0.39, 0.29) is 24.3 Å². The average Bonchev–Trinajstić information content (AvgIpc) is 3.29. The van der Waals surface area contributed by atoms with Crippen molar-refractivity contribution < 1.29 is 39.7 Å². The summed E-state index contributed by atoms with van der Waals surface area (Å²) in [7, 11) is 1.69. The predicted molar refractivity (Wildman–Crippen MR) is 128 cm³/mol. The first-order valence-electron chi connectivity index (χ1n) is 12.9. The van der Waals surface area contributed by atoms with E-state index in [0.29, 0.717) is 19.4 Å². The Balaban J connectivity index is 1.77. The molecular formula is C26H43NO8. The Bertz CT molecular complexity index is 828. The molecule has 9 heteroatoms. The van der Waals surface area contributed by atoms with E-state index in [0.717, 1.165) is 24.0 Å². The maximum Gasteiger partial charge on any atom is 0.187 e. The highest BCUT2D eigenvalue weighted by Gasteiger charge is 2.53. The molecule has 1 saturated carbocycles. The molecule has 9 nitrogen and oxygen atoms in total. The van der Waals surface area contributed by atoms with E-state index in [2.05, 4.69) is 19.9 Å². The number of hydrogen-bond acceptors (Lipinski definition) is 9. The molecule has 4 rings (SSSR count). The van der Waals surface area contributed by atoms with Crippen molar-refractivity contribution in [1.82, 2.24) is 0 Å². The maximum atomic E-state index is 11.6. The SMILES string of the molecule is COC[C@H]1CC[C@H]2C[C@@H](O)[C@H](O[C@H]3O[C@H](CN)[C@@H](O)[C@H](O)[C@H]3O)C3=C(C(C)C)C[C@H](O)[C@]3(C)/C=C/12. The van der Waals surface area contributed by atoms with Gasteiger partial charge in [0, 0.05) is 25.0 Å². The van der Waals surface area contributed by atoms with Gasteiger partial charge in [-0.15, -0.1) is 0 Å². The van der Waals surface area contributed by atoms with Crippen molar-refractivity contribution in [2.75, 3.05) is 20.3 Å². The van der Waals surface area contributed by atoms with Gasteiger partial charge in [0.05, 0.1) is 18.8 Å². The minimum Gasteiger partial charge on any atom is -0.392 e. The van der Waals surface area contributed by atoms with Crippen LogP contribution in [0.4, 0.5) is 0 Å². The van der Waals surface area contributed by atoms with E-state index in [1.54, 1.807) is 7.11 Å². The Morgan fingerprint density at radius 1 is 1.11 bits per heavy atom. The third-order valence-electron chi connectivity index (χ3n) is 8.71. The molecule has 3 aliphatic carbocycles. The third kappa shape index (κ3) is 4.76. The summed E-state index contributed by atoms with van der Waals surface area (Å²) >= 11 is 0. The number of rotatable bonds is 6. The number of methoxy groups -OCH3 is 1. The van der Waals surface area contributed by atoms with E-state index in [9.17, 15) is 25.5 Å². The van der Waals surface area contributed by atoms with Crippen LogP contribution < -0.4 is 5.73 Å². The fraction of sp³-hybridized carbons (Fsp3) is 0.846. The molecule has 0 aromatic carbocycles. The highest BCUT2D eigenvalue weighted by molar-refractivity contribution is 5.43. The van der Waals surface area contributed by atoms with Gasteiger partial charge in [-0.25, -0.2) is 0 Å². The van der Waals surface area contributed by atoms with Gasteiger partial charge in [-0.3, -0.25) is 0 Å². The van der Waals surface area contributed by atoms with Crippen molar-refractivity contribution in [1.29, 1.82) is 0 Å². The van der Waals surface area contributed by atoms with Crippen molar-refractivity contribution in [3.05, 3.63) is 22.8 Å². The lowest BCUT2D eigenvalue weighted by Gasteiger charge is -2.45. The number of aliphatic hydroxyl groups is 5. The highest BCUT2D eigenvalue weighted by atomic mass is 16.7. The zero-order valence-corrected chi connectivity index (χ0v) is 21.2. The van der Waals surface area contributed by atoms with E-state index in [1.165, 1.54) is 5.57 Å². The lowest BCUT2D eigenvalue weighted by Crippen LogP contribution is -2.61. The van der Waals surface area contributed by atoms with Crippen LogP contribution in [0, 0.1) is 23.2 Å². The monoisotopic (exact) mass is 497 g/mol. The van der Waals surface area contributed by atoms with Crippen LogP contribution in [0.3, 0.4) is 0 Å². The van der Waals surface area contributed by atoms with E-state index in [4.69, 9.17) is 19.9 Å². The fourth-order valence-corrected chi connectivity index (χ4v) is 6.69. The van der Waals surface area contributed by atoms with Gasteiger partial charge >= 0.3 is 0 Å². The predicted octanol–water partition coefficient (Wildman–Crippen LogP) is 0.225. The van der Waals surface area contributed by atoms with E-state index >= 15 is 0 Å². The summed E-state index contributed by atoms with van der Waals surface area (Å²) in [5, 5.41) is 54.2. The normalized spacial score (nSPS) is 47.8. The summed E-state index contributed by atoms with van der Waals surface area (Å²) in [6.07, 6.45) is -4.07. The summed E-state index contributed by atoms with van der Waals surface area (Å²) in [6, 6.07) is 0. The minimum absolute atomic E-state index is 0.0660. The van der Waals surface area contributed by atoms with Crippen LogP contribution in [0.15, 0.2) is 22.8 Å². The van der Waals surface area contributed by atoms with Crippen LogP contribution in [-0.4, -0.2) is 94.8 Å². The summed E-state index contributed by atoms with van der Waals surface area (Å²) in [6.45, 7) is 6.63. The van der Waals surface area contributed by atoms with Gasteiger partial charge < -0.3 is 45.5 Å². The second kappa shape index (κ2) is 10.5. The van der Waals surface area contributed by atoms with Crippen LogP contribution in [0.5, 0.6) is 0 Å². The van der Waals surface area contributed by atoms with Crippen LogP contribution in [0.2, 0.25) is 0 Å². The largest absolute Gasteiger partial charge is 0.392 e. The molecule has 2 fully saturated rings. The molecule has 0 amide bonds. The molecule has 0 aromatic rings. The standard InChI is InChI=1S/C26H43NO8/c1-12(2)15-8-19(29)26(3)9-16-13(5-6-14(16)11-33-4)7-17(28)24(20(15)26)35-25-23(32)22(31)21(30)18(10-27)34-25/h9,12-14,17-19,21-25,28-32H,5-8,10-11,27H2,1-4H3/b16-9+/t13-,14+,17+,18+,19-,21+,22-,23+,24-,25+,26-/m0/s1. The Morgan fingerprint density at radius 3 is 2.46 bits per heavy atom. The molecule has 11 atom stereocenters. The van der Waals surface area contributed by atoms with E-state index in [1.807, 2.05) is 6.92 Å². The van der Waals surface area contributed by atoms with Gasteiger partial charge in [-0.1, -0.05) is 31.1 Å². The Hall–Kier alpha value is -0.880. The van der Waals surface area contributed by atoms with Crippen molar-refractivity contribution in [3.63, 3.8) is 0 Å². The summed E-state index contributed by atoms with van der Waals surface area (Å²) in [5.41, 5.74) is 7.98. The smallest absolute Gasteiger partial charge is 0.187 e. The molecular weight excluding hydrogens is 454 g/mol. The number of hydrogen-bond donors (Lipinski definition) is 6. The molecule has 0 unspecified atom stereocenters. The first kappa shape index (κ1) is 27.2. The number of ether oxygens (including phenoxy) is 3. The topological polar surface area (TPSA) is 155 Å². The lowest BCUT2D eigenvalue weighted by atomic mass is 9.70. The van der Waals surface area contributed by atoms with Crippen molar-refractivity contribution in [2.45, 2.75) is 95.5 Å². The molecule has 1 saturated heterocycles. The third-order valence-corrected chi connectivity index (χ3v) is 8.71. The second-order valence-electron chi connectivity index (χ2n) is 11.3. The number of fused-ring (bicyclic) bond motifs is 2. The molecule has 1 heterocycles. The quantitative estimate of drug-likeness (QED) is 0.283. The first-order chi connectivity index (χ1) is 16.5. The summed E-state index contributed by atoms with van der Waals surface area (Å²) in [5.74, 6) is 0.480. The van der Waals surface area contributed by atoms with Crippen LogP contribution in [0.25, 0.3) is 0 Å². The van der Waals surface area contributed by atoms with E-state index < -0.39 is 54.4 Å². The Labute approximate surface area is 207 Å². The fourth-order valence-electron chi connectivity index (χ4n) is 6.69. The van der Waals surface area contributed by atoms with Crippen LogP contribution in [0.1, 0.15) is 46.5 Å². The zero-order valence-electron chi connectivity index (χ0n) is 21.2. The Morgan fingerprint density at radius 2 is 1.83 bits per heavy atom. The average molecular weight is 498 g/mol. The Kier molecular flexibility index (Phi) is 8.13. The molecule has 35 heavy (non-hydrogen) atoms. The molecule has 1 aliphatic heterocycles. The first-order valence-corrected chi connectivity index (χ1v) is 12.9.